The van der Waals surface area contributed by atoms with E-state index < -0.39 is 0 Å². The number of anilines is 1. The van der Waals surface area contributed by atoms with Gasteiger partial charge >= 0.3 is 0 Å². The Bertz CT molecular complexity index is 899. The summed E-state index contributed by atoms with van der Waals surface area (Å²) in [5.74, 6) is 1.42. The van der Waals surface area contributed by atoms with Crippen molar-refractivity contribution in [2.24, 2.45) is 0 Å². The number of aromatic nitrogens is 3. The molecule has 0 fully saturated rings. The molecule has 0 unspecified atom stereocenters. The fourth-order valence-corrected chi connectivity index (χ4v) is 3.87. The monoisotopic (exact) mass is 362 g/mol. The second-order valence-corrected chi connectivity index (χ2v) is 7.01. The van der Waals surface area contributed by atoms with Gasteiger partial charge in [-0.3, -0.25) is 0 Å². The van der Waals surface area contributed by atoms with Gasteiger partial charge in [-0.2, -0.15) is 10.1 Å². The van der Waals surface area contributed by atoms with Gasteiger partial charge in [0.15, 0.2) is 0 Å². The maximum atomic E-state index is 6.42. The molecule has 4 rings (SSSR count). The average molecular weight is 363 g/mol. The van der Waals surface area contributed by atoms with Crippen LogP contribution in [0.2, 0.25) is 10.0 Å². The topological polar surface area (TPSA) is 42.7 Å². The standard InChI is InChI=1S/C16H12Cl2N4S/c1-9-19-16-20-13(15-3-2-6-23-15)8-14(22(16)21-9)11-5-4-10(17)7-12(11)18/h2-8,14H,1H3,(H,19,20,21)/t14-/m0/s1. The molecule has 1 aliphatic heterocycles. The Morgan fingerprint density at radius 1 is 1.26 bits per heavy atom. The van der Waals surface area contributed by atoms with Gasteiger partial charge in [0.2, 0.25) is 5.95 Å². The number of thiophene rings is 1. The summed E-state index contributed by atoms with van der Waals surface area (Å²) in [4.78, 5) is 5.62. The van der Waals surface area contributed by atoms with E-state index in [1.165, 1.54) is 0 Å². The molecule has 0 amide bonds. The van der Waals surface area contributed by atoms with Gasteiger partial charge in [0, 0.05) is 10.0 Å². The highest BCUT2D eigenvalue weighted by Gasteiger charge is 2.26. The molecule has 1 aliphatic rings. The number of benzene rings is 1. The zero-order valence-corrected chi connectivity index (χ0v) is 14.5. The molecule has 7 heteroatoms. The molecular formula is C16H12Cl2N4S. The van der Waals surface area contributed by atoms with E-state index in [0.717, 1.165) is 16.1 Å². The van der Waals surface area contributed by atoms with Crippen LogP contribution in [0.25, 0.3) is 5.70 Å². The van der Waals surface area contributed by atoms with E-state index in [-0.39, 0.29) is 6.04 Å². The highest BCUT2D eigenvalue weighted by atomic mass is 35.5. The van der Waals surface area contributed by atoms with Crippen LogP contribution in [0.4, 0.5) is 5.95 Å². The number of fused-ring (bicyclic) bond motifs is 1. The van der Waals surface area contributed by atoms with Crippen LogP contribution in [-0.4, -0.2) is 14.8 Å². The molecular weight excluding hydrogens is 351 g/mol. The summed E-state index contributed by atoms with van der Waals surface area (Å²) >= 11 is 14.1. The molecule has 1 N–H and O–H groups in total. The lowest BCUT2D eigenvalue weighted by Gasteiger charge is -2.24. The zero-order valence-electron chi connectivity index (χ0n) is 12.1. The summed E-state index contributed by atoms with van der Waals surface area (Å²) in [6.07, 6.45) is 2.11. The largest absolute Gasteiger partial charge is 0.323 e. The summed E-state index contributed by atoms with van der Waals surface area (Å²) in [7, 11) is 0. The highest BCUT2D eigenvalue weighted by Crippen LogP contribution is 2.37. The minimum absolute atomic E-state index is 0.130. The van der Waals surface area contributed by atoms with Crippen molar-refractivity contribution in [3.8, 4) is 0 Å². The SMILES string of the molecule is Cc1nc2n(n1)[C@H](c1ccc(Cl)cc1Cl)C=C(c1cccs1)N2. The lowest BCUT2D eigenvalue weighted by Crippen LogP contribution is -2.20. The van der Waals surface area contributed by atoms with Crippen LogP contribution >= 0.6 is 34.5 Å². The Morgan fingerprint density at radius 3 is 2.87 bits per heavy atom. The van der Waals surface area contributed by atoms with Crippen molar-refractivity contribution in [1.82, 2.24) is 14.8 Å². The molecule has 0 aliphatic carbocycles. The van der Waals surface area contributed by atoms with Gasteiger partial charge in [0.05, 0.1) is 10.6 Å². The van der Waals surface area contributed by atoms with Crippen LogP contribution in [0.5, 0.6) is 0 Å². The number of rotatable bonds is 2. The van der Waals surface area contributed by atoms with Crippen LogP contribution in [0.3, 0.4) is 0 Å². The van der Waals surface area contributed by atoms with Gasteiger partial charge in [-0.05, 0) is 42.1 Å². The molecule has 23 heavy (non-hydrogen) atoms. The molecule has 0 saturated heterocycles. The first kappa shape index (κ1) is 14.8. The van der Waals surface area contributed by atoms with Gasteiger partial charge in [0.1, 0.15) is 11.9 Å². The quantitative estimate of drug-likeness (QED) is 0.696. The number of nitrogens with zero attached hydrogens (tertiary/aromatic N) is 3. The maximum Gasteiger partial charge on any atom is 0.226 e. The predicted octanol–water partition coefficient (Wildman–Crippen LogP) is 5.01. The van der Waals surface area contributed by atoms with Crippen molar-refractivity contribution in [3.63, 3.8) is 0 Å². The van der Waals surface area contributed by atoms with Crippen LogP contribution in [-0.2, 0) is 0 Å². The molecule has 3 heterocycles. The Balaban J connectivity index is 1.87. The number of aryl methyl sites for hydroxylation is 1. The summed E-state index contributed by atoms with van der Waals surface area (Å²) in [6.45, 7) is 1.87. The van der Waals surface area contributed by atoms with Crippen LogP contribution in [0, 0.1) is 6.92 Å². The molecule has 1 atom stereocenters. The number of hydrogen-bond acceptors (Lipinski definition) is 4. The predicted molar refractivity (Wildman–Crippen MR) is 95.3 cm³/mol. The summed E-state index contributed by atoms with van der Waals surface area (Å²) in [6, 6.07) is 9.49. The van der Waals surface area contributed by atoms with E-state index in [9.17, 15) is 0 Å². The number of halogens is 2. The number of allylic oxidation sites excluding steroid dienone is 1. The second-order valence-electron chi connectivity index (χ2n) is 5.22. The van der Waals surface area contributed by atoms with E-state index in [1.54, 1.807) is 17.4 Å². The molecule has 1 aromatic carbocycles. The minimum Gasteiger partial charge on any atom is -0.323 e. The fraction of sp³-hybridized carbons (Fsp3) is 0.125. The first-order chi connectivity index (χ1) is 11.1. The van der Waals surface area contributed by atoms with Crippen molar-refractivity contribution in [1.29, 1.82) is 0 Å². The Hall–Kier alpha value is -1.82. The lowest BCUT2D eigenvalue weighted by atomic mass is 10.0. The fourth-order valence-electron chi connectivity index (χ4n) is 2.64. The van der Waals surface area contributed by atoms with E-state index in [2.05, 4.69) is 27.5 Å². The third-order valence-corrected chi connectivity index (χ3v) is 5.11. The molecule has 3 aromatic rings. The molecule has 0 saturated carbocycles. The van der Waals surface area contributed by atoms with Gasteiger partial charge < -0.3 is 5.32 Å². The molecule has 116 valence electrons. The van der Waals surface area contributed by atoms with Gasteiger partial charge in [-0.1, -0.05) is 35.3 Å². The van der Waals surface area contributed by atoms with Crippen molar-refractivity contribution < 1.29 is 0 Å². The zero-order chi connectivity index (χ0) is 16.0. The van der Waals surface area contributed by atoms with Crippen LogP contribution in [0.1, 0.15) is 22.3 Å². The highest BCUT2D eigenvalue weighted by molar-refractivity contribution is 7.11. The third-order valence-electron chi connectivity index (χ3n) is 3.64. The van der Waals surface area contributed by atoms with Crippen molar-refractivity contribution in [2.75, 3.05) is 5.32 Å². The van der Waals surface area contributed by atoms with Crippen LogP contribution < -0.4 is 5.32 Å². The van der Waals surface area contributed by atoms with E-state index in [4.69, 9.17) is 23.2 Å². The Kier molecular flexibility index (Phi) is 3.64. The Morgan fingerprint density at radius 2 is 2.13 bits per heavy atom. The third kappa shape index (κ3) is 2.65. The van der Waals surface area contributed by atoms with E-state index in [0.29, 0.717) is 21.8 Å². The molecule has 0 spiro atoms. The summed E-state index contributed by atoms with van der Waals surface area (Å²) < 4.78 is 1.85. The maximum absolute atomic E-state index is 6.42. The number of hydrogen-bond donors (Lipinski definition) is 1. The van der Waals surface area contributed by atoms with Gasteiger partial charge in [0.25, 0.3) is 0 Å². The molecule has 2 aromatic heterocycles. The molecule has 0 bridgehead atoms. The van der Waals surface area contributed by atoms with Gasteiger partial charge in [-0.25, -0.2) is 4.68 Å². The summed E-state index contributed by atoms with van der Waals surface area (Å²) in [5, 5.41) is 11.1. The van der Waals surface area contributed by atoms with E-state index >= 15 is 0 Å². The minimum atomic E-state index is -0.130. The van der Waals surface area contributed by atoms with E-state index in [1.807, 2.05) is 35.2 Å². The molecule has 4 nitrogen and oxygen atoms in total. The first-order valence-corrected chi connectivity index (χ1v) is 8.66. The smallest absolute Gasteiger partial charge is 0.226 e. The number of nitrogens with one attached hydrogen (secondary N) is 1. The van der Waals surface area contributed by atoms with Crippen molar-refractivity contribution in [3.05, 3.63) is 68.1 Å². The van der Waals surface area contributed by atoms with Gasteiger partial charge in [-0.15, -0.1) is 11.3 Å². The normalized spacial score (nSPS) is 16.7. The second kappa shape index (κ2) is 5.67. The summed E-state index contributed by atoms with van der Waals surface area (Å²) in [5.41, 5.74) is 1.95. The van der Waals surface area contributed by atoms with Crippen molar-refractivity contribution >= 4 is 46.2 Å². The average Bonchev–Trinajstić information content (AvgIpc) is 3.14. The Labute approximate surface area is 147 Å². The van der Waals surface area contributed by atoms with Crippen LogP contribution in [0.15, 0.2) is 41.8 Å². The molecule has 0 radical (unpaired) electrons. The lowest BCUT2D eigenvalue weighted by molar-refractivity contribution is 0.608. The first-order valence-electron chi connectivity index (χ1n) is 7.02. The van der Waals surface area contributed by atoms with Crippen molar-refractivity contribution in [2.45, 2.75) is 13.0 Å².